The van der Waals surface area contributed by atoms with Crippen molar-refractivity contribution in [2.75, 3.05) is 0 Å². The molecule has 1 aromatic heterocycles. The van der Waals surface area contributed by atoms with Crippen molar-refractivity contribution in [1.29, 1.82) is 0 Å². The van der Waals surface area contributed by atoms with E-state index in [0.717, 1.165) is 16.8 Å². The first-order valence-electron chi connectivity index (χ1n) is 8.30. The van der Waals surface area contributed by atoms with E-state index in [1.54, 1.807) is 0 Å². The van der Waals surface area contributed by atoms with E-state index in [4.69, 9.17) is 9.47 Å². The third-order valence-electron chi connectivity index (χ3n) is 4.11. The summed E-state index contributed by atoms with van der Waals surface area (Å²) in [5, 5.41) is 4.64. The van der Waals surface area contributed by atoms with Crippen LogP contribution in [-0.4, -0.2) is 4.98 Å². The van der Waals surface area contributed by atoms with Crippen LogP contribution in [0.3, 0.4) is 0 Å². The fourth-order valence-electron chi connectivity index (χ4n) is 2.90. The Labute approximate surface area is 171 Å². The van der Waals surface area contributed by atoms with Crippen molar-refractivity contribution in [3.8, 4) is 28.6 Å². The zero-order valence-corrected chi connectivity index (χ0v) is 16.3. The summed E-state index contributed by atoms with van der Waals surface area (Å²) in [6.45, 7) is 0. The van der Waals surface area contributed by atoms with E-state index in [1.807, 2.05) is 72.8 Å². The van der Waals surface area contributed by atoms with Crippen LogP contribution in [0.2, 0.25) is 0 Å². The minimum Gasteiger partial charge on any atom is -0.646 e. The zero-order valence-electron chi connectivity index (χ0n) is 14.0. The van der Waals surface area contributed by atoms with Crippen molar-refractivity contribution in [2.45, 2.75) is 6.04 Å². The molecule has 4 nitrogen and oxygen atoms in total. The predicted octanol–water partition coefficient (Wildman–Crippen LogP) is 5.36. The van der Waals surface area contributed by atoms with E-state index in [9.17, 15) is 0 Å². The van der Waals surface area contributed by atoms with Crippen LogP contribution in [-0.2, 0) is 21.1 Å². The van der Waals surface area contributed by atoms with Gasteiger partial charge < -0.3 is 14.8 Å². The van der Waals surface area contributed by atoms with Crippen LogP contribution in [0.5, 0.6) is 17.4 Å². The van der Waals surface area contributed by atoms with Crippen LogP contribution >= 0.6 is 0 Å². The minimum atomic E-state index is -0.181. The molecular weight excluding hydrogens is 519 g/mol. The third-order valence-corrected chi connectivity index (χ3v) is 4.11. The van der Waals surface area contributed by atoms with E-state index in [1.165, 1.54) is 0 Å². The van der Waals surface area contributed by atoms with Gasteiger partial charge in [0.25, 0.3) is 0 Å². The first-order chi connectivity index (χ1) is 12.8. The van der Waals surface area contributed by atoms with Gasteiger partial charge in [-0.1, -0.05) is 36.4 Å². The van der Waals surface area contributed by atoms with Gasteiger partial charge in [-0.05, 0) is 17.8 Å². The maximum absolute atomic E-state index is 5.96. The number of nitrogens with zero attached hydrogens (tertiary/aromatic N) is 2. The number of benzene rings is 2. The Kier molecular flexibility index (Phi) is 4.82. The van der Waals surface area contributed by atoms with Gasteiger partial charge in [-0.3, -0.25) is 4.98 Å². The van der Waals surface area contributed by atoms with Gasteiger partial charge in [0.05, 0.1) is 0 Å². The summed E-state index contributed by atoms with van der Waals surface area (Å²) < 4.78 is 11.9. The average Bonchev–Trinajstić information content (AvgIpc) is 2.68. The monoisotopic (exact) mass is 532 g/mol. The zero-order chi connectivity index (χ0) is 17.3. The number of pyridine rings is 1. The molecule has 1 atom stereocenters. The van der Waals surface area contributed by atoms with Crippen LogP contribution in [0.4, 0.5) is 0 Å². The van der Waals surface area contributed by atoms with Crippen molar-refractivity contribution >= 4 is 0 Å². The quantitative estimate of drug-likeness (QED) is 0.367. The molecule has 0 spiro atoms. The molecule has 0 amide bonds. The standard InChI is InChI=1S/C22H13N2O2.Pt/c1-5-15-13-17(7-1)25-18-8-2-6-16(14-18)20-10-4-12-22(24-20)26-21-11-3-9-19(15)23-21;/h1-12,19H;/q-3;. The summed E-state index contributed by atoms with van der Waals surface area (Å²) in [6, 6.07) is 23.5. The van der Waals surface area contributed by atoms with Gasteiger partial charge in [-0.15, -0.1) is 35.9 Å². The molecular formula is C22H13N2O2Pt-3. The molecule has 2 aliphatic heterocycles. The number of fused-ring (bicyclic) bond motifs is 10. The number of ether oxygens (including phenoxy) is 2. The number of hydrogen-bond acceptors (Lipinski definition) is 3. The molecule has 3 heterocycles. The Balaban J connectivity index is 0.00000180. The van der Waals surface area contributed by atoms with Crippen LogP contribution in [0.25, 0.3) is 16.6 Å². The topological polar surface area (TPSA) is 45.5 Å². The third kappa shape index (κ3) is 3.67. The summed E-state index contributed by atoms with van der Waals surface area (Å²) in [4.78, 5) is 4.57. The van der Waals surface area contributed by atoms with Gasteiger partial charge in [-0.2, -0.15) is 17.7 Å². The van der Waals surface area contributed by atoms with Gasteiger partial charge in [0, 0.05) is 38.4 Å². The Bertz CT molecular complexity index is 1050. The molecule has 8 bridgehead atoms. The number of allylic oxidation sites excluding steroid dienone is 2. The minimum absolute atomic E-state index is 0. The first-order valence-corrected chi connectivity index (χ1v) is 8.30. The molecule has 0 aliphatic carbocycles. The molecule has 136 valence electrons. The predicted molar refractivity (Wildman–Crippen MR) is 97.8 cm³/mol. The fourth-order valence-corrected chi connectivity index (χ4v) is 2.90. The first kappa shape index (κ1) is 17.6. The second-order valence-electron chi connectivity index (χ2n) is 5.93. The van der Waals surface area contributed by atoms with Crippen LogP contribution in [0.15, 0.2) is 78.7 Å². The summed E-state index contributed by atoms with van der Waals surface area (Å²) in [5.41, 5.74) is 2.49. The maximum Gasteiger partial charge on any atom is 0.207 e. The largest absolute Gasteiger partial charge is 0.646 e. The second kappa shape index (κ2) is 7.42. The molecule has 27 heavy (non-hydrogen) atoms. The summed E-state index contributed by atoms with van der Waals surface area (Å²) in [6.07, 6.45) is 5.75. The van der Waals surface area contributed by atoms with E-state index >= 15 is 0 Å². The van der Waals surface area contributed by atoms with Crippen LogP contribution in [0.1, 0.15) is 11.6 Å². The number of aromatic nitrogens is 1. The summed E-state index contributed by atoms with van der Waals surface area (Å²) >= 11 is 0. The maximum atomic E-state index is 5.96. The Hall–Kier alpha value is -2.84. The average molecular weight is 532 g/mol. The van der Waals surface area contributed by atoms with E-state index < -0.39 is 0 Å². The molecule has 0 N–H and O–H groups in total. The molecule has 5 heteroatoms. The SMILES string of the molecule is [Pt].[c-]1c2cccc1-c1cccc(n1)OC1=CC=CC([N-]1)c1[c-]c(ccc1)O2. The molecule has 1 unspecified atom stereocenters. The number of hydrogen-bond donors (Lipinski definition) is 0. The Morgan fingerprint density at radius 2 is 1.70 bits per heavy atom. The molecule has 0 fully saturated rings. The normalized spacial score (nSPS) is 16.4. The van der Waals surface area contributed by atoms with Gasteiger partial charge in [0.1, 0.15) is 0 Å². The van der Waals surface area contributed by atoms with Crippen molar-refractivity contribution in [3.05, 3.63) is 102 Å². The van der Waals surface area contributed by atoms with Gasteiger partial charge in [-0.25, -0.2) is 0 Å². The van der Waals surface area contributed by atoms with Crippen molar-refractivity contribution in [2.24, 2.45) is 0 Å². The van der Waals surface area contributed by atoms with Crippen LogP contribution in [0, 0.1) is 12.1 Å². The molecule has 2 aliphatic rings. The van der Waals surface area contributed by atoms with Gasteiger partial charge in [0.2, 0.25) is 5.88 Å². The van der Waals surface area contributed by atoms with Crippen molar-refractivity contribution in [1.82, 2.24) is 4.98 Å². The molecule has 0 radical (unpaired) electrons. The molecule has 0 saturated carbocycles. The van der Waals surface area contributed by atoms with E-state index in [2.05, 4.69) is 22.4 Å². The van der Waals surface area contributed by atoms with E-state index in [-0.39, 0.29) is 27.1 Å². The van der Waals surface area contributed by atoms with Gasteiger partial charge >= 0.3 is 0 Å². The molecule has 2 aromatic carbocycles. The van der Waals surface area contributed by atoms with Crippen LogP contribution < -0.4 is 9.47 Å². The smallest absolute Gasteiger partial charge is 0.207 e. The summed E-state index contributed by atoms with van der Waals surface area (Å²) in [5.74, 6) is 2.23. The Morgan fingerprint density at radius 3 is 2.63 bits per heavy atom. The Morgan fingerprint density at radius 1 is 0.889 bits per heavy atom. The molecule has 5 rings (SSSR count). The van der Waals surface area contributed by atoms with Crippen molar-refractivity contribution in [3.63, 3.8) is 0 Å². The molecule has 0 saturated heterocycles. The van der Waals surface area contributed by atoms with Gasteiger partial charge in [0.15, 0.2) is 0 Å². The fraction of sp³-hybridized carbons (Fsp3) is 0.0455. The van der Waals surface area contributed by atoms with Crippen molar-refractivity contribution < 1.29 is 30.5 Å². The van der Waals surface area contributed by atoms with E-state index in [0.29, 0.717) is 23.3 Å². The second-order valence-corrected chi connectivity index (χ2v) is 5.93. The molecule has 3 aromatic rings. The summed E-state index contributed by atoms with van der Waals surface area (Å²) in [7, 11) is 0. The number of rotatable bonds is 0.